The zero-order valence-corrected chi connectivity index (χ0v) is 22.0. The fourth-order valence-electron chi connectivity index (χ4n) is 3.57. The molecule has 10 nitrogen and oxygen atoms in total. The minimum Gasteiger partial charge on any atom is -0.480 e. The average Bonchev–Trinajstić information content (AvgIpc) is 3.67. The van der Waals surface area contributed by atoms with E-state index in [1.54, 1.807) is 0 Å². The van der Waals surface area contributed by atoms with E-state index in [0.717, 1.165) is 20.4 Å². The van der Waals surface area contributed by atoms with Gasteiger partial charge in [0.1, 0.15) is 31.6 Å². The maximum atomic E-state index is 11.2. The van der Waals surface area contributed by atoms with Crippen molar-refractivity contribution < 1.29 is 29.3 Å². The molecule has 2 aromatic heterocycles. The molecule has 4 heterocycles. The average molecular weight is 573 g/mol. The van der Waals surface area contributed by atoms with Gasteiger partial charge in [-0.1, -0.05) is 0 Å². The Balaban J connectivity index is 1.11. The lowest BCUT2D eigenvalue weighted by molar-refractivity contribution is -0.138. The molecule has 2 aromatic carbocycles. The van der Waals surface area contributed by atoms with Gasteiger partial charge in [0.2, 0.25) is 6.79 Å². The van der Waals surface area contributed by atoms with Crippen LogP contribution < -0.4 is 9.47 Å². The normalized spacial score (nSPS) is 19.2. The van der Waals surface area contributed by atoms with Crippen LogP contribution in [0.15, 0.2) is 46.4 Å². The molecule has 0 amide bonds. The van der Waals surface area contributed by atoms with E-state index in [-0.39, 0.29) is 6.79 Å². The van der Waals surface area contributed by atoms with Crippen molar-refractivity contribution in [3.63, 3.8) is 0 Å². The van der Waals surface area contributed by atoms with Crippen molar-refractivity contribution in [2.75, 3.05) is 18.3 Å². The van der Waals surface area contributed by atoms with Crippen LogP contribution in [0.25, 0.3) is 20.4 Å². The summed E-state index contributed by atoms with van der Waals surface area (Å²) in [4.78, 5) is 40.0. The molecule has 2 aliphatic rings. The molecular weight excluding hydrogens is 557 g/mol. The van der Waals surface area contributed by atoms with Crippen LogP contribution in [0.2, 0.25) is 0 Å². The number of aliphatic carboxylic acids is 2. The fourth-order valence-corrected chi connectivity index (χ4v) is 7.76. The summed E-state index contributed by atoms with van der Waals surface area (Å²) in [6.07, 6.45) is 0. The highest BCUT2D eigenvalue weighted by atomic mass is 32.2. The highest BCUT2D eigenvalue weighted by molar-refractivity contribution is 8.15. The zero-order valence-electron chi connectivity index (χ0n) is 18.7. The second kappa shape index (κ2) is 9.93. The number of hydrogen-bond acceptors (Lipinski definition) is 12. The molecule has 14 heteroatoms. The molecule has 4 aromatic rings. The first-order chi connectivity index (χ1) is 17.9. The fraction of sp³-hybridized carbons (Fsp3) is 0.217. The van der Waals surface area contributed by atoms with Gasteiger partial charge in [-0.3, -0.25) is 9.98 Å². The van der Waals surface area contributed by atoms with Crippen molar-refractivity contribution >= 4 is 88.7 Å². The second-order valence-electron chi connectivity index (χ2n) is 7.90. The SMILES string of the molecule is O=C(O)[C@@H]1CSC(c2nc3ccc(OCOc4ccc5nc(C6=N[C@@H](C(=O)O)CS6)sc5c4)cc3s2)=N1. The van der Waals surface area contributed by atoms with E-state index in [2.05, 4.69) is 20.0 Å². The number of fused-ring (bicyclic) bond motifs is 2. The number of hydrogen-bond donors (Lipinski definition) is 2. The van der Waals surface area contributed by atoms with Crippen molar-refractivity contribution in [1.82, 2.24) is 9.97 Å². The summed E-state index contributed by atoms with van der Waals surface area (Å²) in [5, 5.41) is 21.0. The number of aliphatic imine (C=N–C) groups is 2. The molecule has 37 heavy (non-hydrogen) atoms. The van der Waals surface area contributed by atoms with E-state index in [1.807, 2.05) is 36.4 Å². The van der Waals surface area contributed by atoms with Gasteiger partial charge in [-0.05, 0) is 36.4 Å². The lowest BCUT2D eigenvalue weighted by Crippen LogP contribution is -2.17. The van der Waals surface area contributed by atoms with Crippen molar-refractivity contribution in [3.8, 4) is 11.5 Å². The largest absolute Gasteiger partial charge is 0.480 e. The Morgan fingerprint density at radius 2 is 1.24 bits per heavy atom. The number of carboxylic acids is 2. The quantitative estimate of drug-likeness (QED) is 0.295. The van der Waals surface area contributed by atoms with Crippen LogP contribution in [-0.2, 0) is 9.59 Å². The number of benzene rings is 2. The van der Waals surface area contributed by atoms with E-state index in [0.29, 0.717) is 43.1 Å². The standard InChI is InChI=1S/C23H16N4O6S4/c28-22(29)14-7-34-18(26-14)20-24-12-3-1-10(5-16(12)36-20)32-9-33-11-2-4-13-17(6-11)37-21(25-13)19-27-15(8-35-19)23(30)31/h1-6,14-15H,7-9H2,(H,28,29)(H,30,31)/t14-,15+. The van der Waals surface area contributed by atoms with Gasteiger partial charge in [-0.25, -0.2) is 19.6 Å². The topological polar surface area (TPSA) is 144 Å². The molecule has 0 saturated heterocycles. The molecule has 2 atom stereocenters. The molecule has 0 bridgehead atoms. The first-order valence-corrected chi connectivity index (χ1v) is 14.5. The van der Waals surface area contributed by atoms with Gasteiger partial charge >= 0.3 is 11.9 Å². The van der Waals surface area contributed by atoms with Gasteiger partial charge in [-0.15, -0.1) is 46.2 Å². The highest BCUT2D eigenvalue weighted by Crippen LogP contribution is 2.33. The van der Waals surface area contributed by atoms with Crippen LogP contribution >= 0.6 is 46.2 Å². The van der Waals surface area contributed by atoms with E-state index >= 15 is 0 Å². The first-order valence-electron chi connectivity index (χ1n) is 10.9. The summed E-state index contributed by atoms with van der Waals surface area (Å²) < 4.78 is 13.4. The Bertz CT molecular complexity index is 1500. The number of thiazole rings is 2. The third-order valence-corrected chi connectivity index (χ3v) is 9.83. The van der Waals surface area contributed by atoms with E-state index in [9.17, 15) is 9.59 Å². The number of thioether (sulfide) groups is 2. The smallest absolute Gasteiger partial charge is 0.329 e. The van der Waals surface area contributed by atoms with Crippen LogP contribution in [0.3, 0.4) is 0 Å². The summed E-state index contributed by atoms with van der Waals surface area (Å²) >= 11 is 5.69. The Hall–Kier alpha value is -3.20. The number of carboxylic acid groups (broad SMARTS) is 2. The lowest BCUT2D eigenvalue weighted by atomic mass is 10.3. The Labute approximate surface area is 225 Å². The molecule has 0 fully saturated rings. The minimum atomic E-state index is -0.926. The van der Waals surface area contributed by atoms with Gasteiger partial charge in [0.25, 0.3) is 0 Å². The highest BCUT2D eigenvalue weighted by Gasteiger charge is 2.28. The molecule has 2 N–H and O–H groups in total. The number of rotatable bonds is 8. The molecule has 0 unspecified atom stereocenters. The molecule has 0 saturated carbocycles. The van der Waals surface area contributed by atoms with Crippen LogP contribution in [0.1, 0.15) is 10.0 Å². The van der Waals surface area contributed by atoms with E-state index in [1.165, 1.54) is 46.2 Å². The van der Waals surface area contributed by atoms with Crippen molar-refractivity contribution in [3.05, 3.63) is 46.4 Å². The summed E-state index contributed by atoms with van der Waals surface area (Å²) in [5.74, 6) is 0.227. The van der Waals surface area contributed by atoms with Crippen LogP contribution in [-0.4, -0.2) is 72.6 Å². The maximum Gasteiger partial charge on any atom is 0.329 e. The number of ether oxygens (including phenoxy) is 2. The predicted molar refractivity (Wildman–Crippen MR) is 146 cm³/mol. The molecule has 2 aliphatic heterocycles. The Morgan fingerprint density at radius 1 is 0.784 bits per heavy atom. The predicted octanol–water partition coefficient (Wildman–Crippen LogP) is 4.21. The van der Waals surface area contributed by atoms with Gasteiger partial charge < -0.3 is 19.7 Å². The van der Waals surface area contributed by atoms with Gasteiger partial charge in [0.05, 0.1) is 20.4 Å². The summed E-state index contributed by atoms with van der Waals surface area (Å²) in [6.45, 7) is 0.0000384. The summed E-state index contributed by atoms with van der Waals surface area (Å²) in [6, 6.07) is 9.61. The number of carbonyl (C=O) groups is 2. The molecule has 0 aliphatic carbocycles. The minimum absolute atomic E-state index is 0.0000384. The van der Waals surface area contributed by atoms with Gasteiger partial charge in [0.15, 0.2) is 12.1 Å². The van der Waals surface area contributed by atoms with Crippen molar-refractivity contribution in [1.29, 1.82) is 0 Å². The van der Waals surface area contributed by atoms with Crippen molar-refractivity contribution in [2.45, 2.75) is 12.1 Å². The van der Waals surface area contributed by atoms with Gasteiger partial charge in [-0.2, -0.15) is 0 Å². The molecular formula is C23H16N4O6S4. The molecule has 188 valence electrons. The van der Waals surface area contributed by atoms with Crippen molar-refractivity contribution in [2.24, 2.45) is 9.98 Å². The van der Waals surface area contributed by atoms with E-state index < -0.39 is 24.0 Å². The van der Waals surface area contributed by atoms with Crippen LogP contribution in [0.4, 0.5) is 0 Å². The van der Waals surface area contributed by atoms with Crippen LogP contribution in [0, 0.1) is 0 Å². The monoisotopic (exact) mass is 572 g/mol. The van der Waals surface area contributed by atoms with E-state index in [4.69, 9.17) is 19.7 Å². The molecule has 0 radical (unpaired) electrons. The molecule has 0 spiro atoms. The maximum absolute atomic E-state index is 11.2. The zero-order chi connectivity index (χ0) is 25.5. The third kappa shape index (κ3) is 5.01. The van der Waals surface area contributed by atoms with Gasteiger partial charge in [0, 0.05) is 11.5 Å². The third-order valence-electron chi connectivity index (χ3n) is 5.41. The number of aromatic nitrogens is 2. The lowest BCUT2D eigenvalue weighted by Gasteiger charge is -2.08. The number of nitrogens with zero attached hydrogens (tertiary/aromatic N) is 4. The van der Waals surface area contributed by atoms with Crippen LogP contribution in [0.5, 0.6) is 11.5 Å². The summed E-state index contributed by atoms with van der Waals surface area (Å²) in [5.41, 5.74) is 1.59. The summed E-state index contributed by atoms with van der Waals surface area (Å²) in [7, 11) is 0. The first kappa shape index (κ1) is 24.2. The molecule has 6 rings (SSSR count). The Kier molecular flexibility index (Phi) is 6.48. The second-order valence-corrected chi connectivity index (χ2v) is 12.0. The Morgan fingerprint density at radius 3 is 1.65 bits per heavy atom.